The Balaban J connectivity index is 2.40. The average Bonchev–Trinajstić information content (AvgIpc) is 2.71. The van der Waals surface area contributed by atoms with E-state index in [0.29, 0.717) is 5.69 Å². The summed E-state index contributed by atoms with van der Waals surface area (Å²) in [5, 5.41) is 2.69. The molecular formula is C12H7Cl2F3N2O2. The largest absolute Gasteiger partial charge is 0.437 e. The summed E-state index contributed by atoms with van der Waals surface area (Å²) in [5.41, 5.74) is -0.716. The molecule has 0 atom stereocenters. The van der Waals surface area contributed by atoms with Gasteiger partial charge in [0.2, 0.25) is 5.88 Å². The van der Waals surface area contributed by atoms with Crippen molar-refractivity contribution < 1.29 is 22.7 Å². The molecule has 1 aromatic carbocycles. The van der Waals surface area contributed by atoms with Crippen LogP contribution in [0.4, 0.5) is 18.0 Å². The molecule has 0 radical (unpaired) electrons. The predicted molar refractivity (Wildman–Crippen MR) is 70.1 cm³/mol. The monoisotopic (exact) mass is 338 g/mol. The second-order valence-corrected chi connectivity index (χ2v) is 4.79. The van der Waals surface area contributed by atoms with E-state index in [1.807, 2.05) is 0 Å². The molecular weight excluding hydrogens is 332 g/mol. The van der Waals surface area contributed by atoms with Crippen molar-refractivity contribution >= 4 is 28.6 Å². The number of hydrogen-bond donors (Lipinski definition) is 0. The highest BCUT2D eigenvalue weighted by Crippen LogP contribution is 2.39. The number of halogens is 5. The first kappa shape index (κ1) is 15.7. The average molecular weight is 339 g/mol. The van der Waals surface area contributed by atoms with Crippen LogP contribution in [0.3, 0.4) is 0 Å². The maximum Gasteiger partial charge on any atom is 0.420 e. The topological polar surface area (TPSA) is 44.1 Å². The van der Waals surface area contributed by atoms with Gasteiger partial charge in [0.15, 0.2) is 0 Å². The van der Waals surface area contributed by atoms with Gasteiger partial charge in [0, 0.05) is 16.8 Å². The number of carbonyl (C=O) groups is 1. The van der Waals surface area contributed by atoms with Gasteiger partial charge in [-0.2, -0.15) is 17.9 Å². The molecule has 0 unspecified atom stereocenters. The van der Waals surface area contributed by atoms with Crippen molar-refractivity contribution in [2.45, 2.75) is 13.1 Å². The van der Waals surface area contributed by atoms with Crippen molar-refractivity contribution in [3.8, 4) is 11.6 Å². The first-order valence-electron chi connectivity index (χ1n) is 5.49. The Morgan fingerprint density at radius 1 is 1.33 bits per heavy atom. The second-order valence-electron chi connectivity index (χ2n) is 4.03. The van der Waals surface area contributed by atoms with E-state index in [1.54, 1.807) is 0 Å². The molecule has 2 rings (SSSR count). The number of aryl methyl sites for hydroxylation is 1. The molecule has 4 nitrogen and oxygen atoms in total. The Kier molecular flexibility index (Phi) is 4.15. The highest BCUT2D eigenvalue weighted by atomic mass is 35.5. The zero-order chi connectivity index (χ0) is 15.8. The molecule has 0 bridgehead atoms. The third-order valence-corrected chi connectivity index (χ3v) is 2.89. The molecule has 0 aliphatic rings. The van der Waals surface area contributed by atoms with Gasteiger partial charge in [0.25, 0.3) is 0 Å². The lowest BCUT2D eigenvalue weighted by Crippen LogP contribution is -2.08. The Bertz CT molecular complexity index is 698. The van der Waals surface area contributed by atoms with Crippen molar-refractivity contribution in [2.75, 3.05) is 0 Å². The van der Waals surface area contributed by atoms with Crippen LogP contribution >= 0.6 is 23.2 Å². The number of alkyl halides is 3. The Hall–Kier alpha value is -1.73. The fourth-order valence-electron chi connectivity index (χ4n) is 1.60. The fraction of sp³-hybridized carbons (Fsp3) is 0.167. The minimum atomic E-state index is -4.64. The number of hydrogen-bond acceptors (Lipinski definition) is 3. The van der Waals surface area contributed by atoms with E-state index in [1.165, 1.54) is 19.1 Å². The van der Waals surface area contributed by atoms with Gasteiger partial charge in [-0.05, 0) is 36.7 Å². The summed E-state index contributed by atoms with van der Waals surface area (Å²) in [5.74, 6) is -0.659. The summed E-state index contributed by atoms with van der Waals surface area (Å²) in [6.07, 6.45) is -4.64. The van der Waals surface area contributed by atoms with Gasteiger partial charge in [-0.3, -0.25) is 4.79 Å². The summed E-state index contributed by atoms with van der Waals surface area (Å²) in [4.78, 5) is 11.0. The predicted octanol–water partition coefficient (Wildman–Crippen LogP) is 4.86. The molecule has 1 heterocycles. The molecule has 0 N–H and O–H groups in total. The molecule has 0 spiro atoms. The number of aromatic nitrogens is 2. The van der Waals surface area contributed by atoms with E-state index < -0.39 is 22.9 Å². The van der Waals surface area contributed by atoms with Gasteiger partial charge in [0.1, 0.15) is 5.75 Å². The summed E-state index contributed by atoms with van der Waals surface area (Å²) in [7, 11) is 0. The van der Waals surface area contributed by atoms with Crippen LogP contribution in [0.1, 0.15) is 11.3 Å². The first-order chi connectivity index (χ1) is 9.68. The van der Waals surface area contributed by atoms with Crippen LogP contribution in [0.5, 0.6) is 11.6 Å². The van der Waals surface area contributed by atoms with Crippen LogP contribution in [0.25, 0.3) is 0 Å². The van der Waals surface area contributed by atoms with Gasteiger partial charge < -0.3 is 4.74 Å². The minimum Gasteiger partial charge on any atom is -0.437 e. The molecule has 0 aliphatic carbocycles. The molecule has 0 saturated heterocycles. The standard InChI is InChI=1S/C12H7Cl2F3N2O2/c1-6-4-10(18-19(6)11(14)20)21-9-3-2-7(13)5-8(9)12(15,16)17/h2-5H,1H3. The Morgan fingerprint density at radius 3 is 2.52 bits per heavy atom. The maximum absolute atomic E-state index is 12.9. The minimum absolute atomic E-state index is 0.0766. The molecule has 1 aromatic heterocycles. The Morgan fingerprint density at radius 2 is 2.00 bits per heavy atom. The molecule has 0 amide bonds. The lowest BCUT2D eigenvalue weighted by Gasteiger charge is -2.12. The highest BCUT2D eigenvalue weighted by molar-refractivity contribution is 6.63. The van der Waals surface area contributed by atoms with Crippen LogP contribution in [0, 0.1) is 6.92 Å². The van der Waals surface area contributed by atoms with E-state index in [4.69, 9.17) is 27.9 Å². The third kappa shape index (κ3) is 3.48. The SMILES string of the molecule is Cc1cc(Oc2ccc(Cl)cc2C(F)(F)F)nn1C(=O)Cl. The van der Waals surface area contributed by atoms with E-state index in [0.717, 1.165) is 16.8 Å². The van der Waals surface area contributed by atoms with E-state index in [-0.39, 0.29) is 10.9 Å². The summed E-state index contributed by atoms with van der Waals surface area (Å²) < 4.78 is 44.6. The zero-order valence-corrected chi connectivity index (χ0v) is 11.9. The van der Waals surface area contributed by atoms with Crippen LogP contribution in [-0.2, 0) is 6.18 Å². The Labute approximate surface area is 127 Å². The van der Waals surface area contributed by atoms with Gasteiger partial charge in [-0.15, -0.1) is 5.10 Å². The first-order valence-corrected chi connectivity index (χ1v) is 6.25. The number of ether oxygens (including phenoxy) is 1. The van der Waals surface area contributed by atoms with E-state index >= 15 is 0 Å². The summed E-state index contributed by atoms with van der Waals surface area (Å²) in [6, 6.07) is 4.35. The quantitative estimate of drug-likeness (QED) is 0.734. The van der Waals surface area contributed by atoms with E-state index in [9.17, 15) is 18.0 Å². The third-order valence-electron chi connectivity index (χ3n) is 2.49. The lowest BCUT2D eigenvalue weighted by molar-refractivity contribution is -0.138. The number of carbonyl (C=O) groups excluding carboxylic acids is 1. The van der Waals surface area contributed by atoms with Crippen molar-refractivity contribution in [3.05, 3.63) is 40.5 Å². The van der Waals surface area contributed by atoms with Gasteiger partial charge in [-0.25, -0.2) is 0 Å². The van der Waals surface area contributed by atoms with Crippen LogP contribution in [0.2, 0.25) is 5.02 Å². The normalized spacial score (nSPS) is 11.5. The van der Waals surface area contributed by atoms with Crippen molar-refractivity contribution in [1.29, 1.82) is 0 Å². The number of rotatable bonds is 2. The molecule has 21 heavy (non-hydrogen) atoms. The molecule has 112 valence electrons. The molecule has 0 fully saturated rings. The van der Waals surface area contributed by atoms with Gasteiger partial charge in [0.05, 0.1) is 5.56 Å². The van der Waals surface area contributed by atoms with Gasteiger partial charge in [-0.1, -0.05) is 11.6 Å². The van der Waals surface area contributed by atoms with Crippen LogP contribution in [0.15, 0.2) is 24.3 Å². The maximum atomic E-state index is 12.9. The summed E-state index contributed by atoms with van der Waals surface area (Å²) >= 11 is 10.8. The molecule has 9 heteroatoms. The van der Waals surface area contributed by atoms with Gasteiger partial charge >= 0.3 is 11.5 Å². The highest BCUT2D eigenvalue weighted by Gasteiger charge is 2.35. The van der Waals surface area contributed by atoms with Crippen molar-refractivity contribution in [2.24, 2.45) is 0 Å². The molecule has 0 aliphatic heterocycles. The smallest absolute Gasteiger partial charge is 0.420 e. The summed E-state index contributed by atoms with van der Waals surface area (Å²) in [6.45, 7) is 1.51. The van der Waals surface area contributed by atoms with E-state index in [2.05, 4.69) is 5.10 Å². The number of benzene rings is 1. The van der Waals surface area contributed by atoms with Crippen LogP contribution in [-0.4, -0.2) is 15.1 Å². The molecule has 2 aromatic rings. The van der Waals surface area contributed by atoms with Crippen molar-refractivity contribution in [3.63, 3.8) is 0 Å². The fourth-order valence-corrected chi connectivity index (χ4v) is 1.94. The zero-order valence-electron chi connectivity index (χ0n) is 10.4. The number of nitrogens with zero attached hydrogens (tertiary/aromatic N) is 2. The van der Waals surface area contributed by atoms with Crippen LogP contribution < -0.4 is 4.74 Å². The lowest BCUT2D eigenvalue weighted by atomic mass is 10.2. The second kappa shape index (κ2) is 5.57. The molecule has 0 saturated carbocycles. The van der Waals surface area contributed by atoms with Crippen molar-refractivity contribution in [1.82, 2.24) is 9.78 Å².